The standard InChI is InChI=1S/C2H2ClF2O2S/c1-2(4,5)8(3,6)7/h1H2. The van der Waals surface area contributed by atoms with Crippen molar-refractivity contribution in [3.05, 3.63) is 6.92 Å². The van der Waals surface area contributed by atoms with Crippen LogP contribution in [0.1, 0.15) is 0 Å². The lowest BCUT2D eigenvalue weighted by Crippen LogP contribution is -2.18. The predicted octanol–water partition coefficient (Wildman–Crippen LogP) is 0.982. The van der Waals surface area contributed by atoms with Crippen LogP contribution in [0, 0.1) is 6.92 Å². The highest BCUT2D eigenvalue weighted by Crippen LogP contribution is 2.22. The Kier molecular flexibility index (Phi) is 1.83. The maximum absolute atomic E-state index is 11.4. The molecule has 0 aliphatic rings. The molecule has 0 atom stereocenters. The van der Waals surface area contributed by atoms with E-state index < -0.39 is 14.3 Å². The van der Waals surface area contributed by atoms with Crippen LogP contribution in [0.5, 0.6) is 0 Å². The van der Waals surface area contributed by atoms with Gasteiger partial charge < -0.3 is 0 Å². The molecule has 0 rings (SSSR count). The zero-order valence-corrected chi connectivity index (χ0v) is 5.14. The summed E-state index contributed by atoms with van der Waals surface area (Å²) in [5.74, 6) is 0. The minimum atomic E-state index is -4.81. The Morgan fingerprint density at radius 2 is 1.62 bits per heavy atom. The SMILES string of the molecule is [CH2]C(F)(F)S(=O)(=O)Cl. The van der Waals surface area contributed by atoms with Crippen molar-refractivity contribution in [2.45, 2.75) is 5.25 Å². The minimum Gasteiger partial charge on any atom is -0.206 e. The summed E-state index contributed by atoms with van der Waals surface area (Å²) < 4.78 is 42.0. The molecule has 0 aromatic heterocycles. The van der Waals surface area contributed by atoms with Crippen LogP contribution < -0.4 is 0 Å². The van der Waals surface area contributed by atoms with Crippen LogP contribution in [0.25, 0.3) is 0 Å². The maximum atomic E-state index is 11.4. The van der Waals surface area contributed by atoms with E-state index in [0.717, 1.165) is 0 Å². The van der Waals surface area contributed by atoms with Gasteiger partial charge in [0.2, 0.25) is 0 Å². The third-order valence-corrected chi connectivity index (χ3v) is 1.75. The molecule has 0 saturated heterocycles. The molecule has 0 aliphatic carbocycles. The fraction of sp³-hybridized carbons (Fsp3) is 0.500. The molecule has 49 valence electrons. The van der Waals surface area contributed by atoms with Crippen molar-refractivity contribution >= 4 is 19.7 Å². The third kappa shape index (κ3) is 1.92. The molecule has 8 heavy (non-hydrogen) atoms. The van der Waals surface area contributed by atoms with E-state index in [1.54, 1.807) is 0 Å². The minimum absolute atomic E-state index is 1.99. The first-order valence-corrected chi connectivity index (χ1v) is 3.73. The summed E-state index contributed by atoms with van der Waals surface area (Å²) in [7, 11) is -0.644. The highest BCUT2D eigenvalue weighted by atomic mass is 35.7. The summed E-state index contributed by atoms with van der Waals surface area (Å²) in [6.07, 6.45) is 0. The summed E-state index contributed by atoms with van der Waals surface area (Å²) in [6.45, 7) is 1.99. The van der Waals surface area contributed by atoms with E-state index in [1.807, 2.05) is 6.92 Å². The molecule has 0 saturated carbocycles. The van der Waals surface area contributed by atoms with E-state index in [9.17, 15) is 17.2 Å². The van der Waals surface area contributed by atoms with Crippen molar-refractivity contribution in [1.29, 1.82) is 0 Å². The molecule has 0 aliphatic heterocycles. The molecule has 0 fully saturated rings. The van der Waals surface area contributed by atoms with Crippen LogP contribution in [0.2, 0.25) is 0 Å². The van der Waals surface area contributed by atoms with Gasteiger partial charge in [-0.05, 0) is 0 Å². The van der Waals surface area contributed by atoms with Crippen LogP contribution in [0.4, 0.5) is 8.78 Å². The second-order valence-electron chi connectivity index (χ2n) is 1.08. The lowest BCUT2D eigenvalue weighted by molar-refractivity contribution is 0.147. The number of rotatable bonds is 1. The normalized spacial score (nSPS) is 14.0. The van der Waals surface area contributed by atoms with Gasteiger partial charge in [0, 0.05) is 17.6 Å². The molecule has 0 heterocycles. The second-order valence-corrected chi connectivity index (χ2v) is 3.77. The molecule has 1 radical (unpaired) electrons. The molecule has 6 heteroatoms. The highest BCUT2D eigenvalue weighted by molar-refractivity contribution is 8.14. The number of alkyl halides is 2. The zero-order chi connectivity index (χ0) is 7.00. The Hall–Kier alpha value is 0.1000. The summed E-state index contributed by atoms with van der Waals surface area (Å²) in [6, 6.07) is 0. The van der Waals surface area contributed by atoms with Crippen LogP contribution in [-0.4, -0.2) is 13.7 Å². The fourth-order valence-corrected chi connectivity index (χ4v) is 0. The van der Waals surface area contributed by atoms with Crippen LogP contribution in [0.3, 0.4) is 0 Å². The van der Waals surface area contributed by atoms with Crippen molar-refractivity contribution < 1.29 is 17.2 Å². The Balaban J connectivity index is 4.53. The first-order chi connectivity index (χ1) is 3.25. The van der Waals surface area contributed by atoms with Crippen LogP contribution in [0.15, 0.2) is 0 Å². The molecule has 0 amide bonds. The van der Waals surface area contributed by atoms with Gasteiger partial charge in [-0.25, -0.2) is 8.42 Å². The van der Waals surface area contributed by atoms with Crippen molar-refractivity contribution in [1.82, 2.24) is 0 Å². The molecular weight excluding hydrogens is 162 g/mol. The molecule has 0 spiro atoms. The Morgan fingerprint density at radius 1 is 1.50 bits per heavy atom. The topological polar surface area (TPSA) is 34.1 Å². The Morgan fingerprint density at radius 3 is 1.62 bits per heavy atom. The van der Waals surface area contributed by atoms with Crippen molar-refractivity contribution in [3.63, 3.8) is 0 Å². The average molecular weight is 164 g/mol. The van der Waals surface area contributed by atoms with E-state index in [1.165, 1.54) is 0 Å². The van der Waals surface area contributed by atoms with Crippen molar-refractivity contribution in [2.24, 2.45) is 0 Å². The maximum Gasteiger partial charge on any atom is 0.360 e. The molecular formula is C2H2ClF2O2S. The highest BCUT2D eigenvalue weighted by Gasteiger charge is 2.37. The number of halogens is 3. The quantitative estimate of drug-likeness (QED) is 0.540. The van der Waals surface area contributed by atoms with Gasteiger partial charge in [-0.3, -0.25) is 0 Å². The van der Waals surface area contributed by atoms with Gasteiger partial charge in [-0.1, -0.05) is 0 Å². The zero-order valence-electron chi connectivity index (χ0n) is 3.57. The van der Waals surface area contributed by atoms with Crippen LogP contribution >= 0.6 is 10.7 Å². The van der Waals surface area contributed by atoms with Gasteiger partial charge in [-0.2, -0.15) is 8.78 Å². The van der Waals surface area contributed by atoms with E-state index in [2.05, 4.69) is 10.7 Å². The van der Waals surface area contributed by atoms with Gasteiger partial charge in [0.15, 0.2) is 0 Å². The molecule has 0 bridgehead atoms. The Labute approximate surface area is 49.9 Å². The summed E-state index contributed by atoms with van der Waals surface area (Å²) in [4.78, 5) is 0. The van der Waals surface area contributed by atoms with Gasteiger partial charge in [0.25, 0.3) is 9.05 Å². The monoisotopic (exact) mass is 163 g/mol. The first kappa shape index (κ1) is 8.10. The largest absolute Gasteiger partial charge is 0.360 e. The molecule has 0 aromatic carbocycles. The predicted molar refractivity (Wildman–Crippen MR) is 25.1 cm³/mol. The first-order valence-electron chi connectivity index (χ1n) is 1.42. The van der Waals surface area contributed by atoms with E-state index >= 15 is 0 Å². The molecule has 0 unspecified atom stereocenters. The number of hydrogen-bond acceptors (Lipinski definition) is 2. The van der Waals surface area contributed by atoms with Gasteiger partial charge in [-0.15, -0.1) is 0 Å². The van der Waals surface area contributed by atoms with E-state index in [0.29, 0.717) is 0 Å². The second kappa shape index (κ2) is 1.80. The van der Waals surface area contributed by atoms with Gasteiger partial charge in [0.05, 0.1) is 0 Å². The molecule has 0 N–H and O–H groups in total. The lowest BCUT2D eigenvalue weighted by atomic mass is 10.9. The fourth-order valence-electron chi connectivity index (χ4n) is 0. The molecule has 0 aromatic rings. The van der Waals surface area contributed by atoms with Gasteiger partial charge >= 0.3 is 5.25 Å². The summed E-state index contributed by atoms with van der Waals surface area (Å²) in [5.41, 5.74) is 0. The Bertz CT molecular complexity index is 167. The summed E-state index contributed by atoms with van der Waals surface area (Å²) >= 11 is 0. The van der Waals surface area contributed by atoms with E-state index in [-0.39, 0.29) is 0 Å². The summed E-state index contributed by atoms with van der Waals surface area (Å²) in [5, 5.41) is -4.07. The molecule has 2 nitrogen and oxygen atoms in total. The van der Waals surface area contributed by atoms with Gasteiger partial charge in [0.1, 0.15) is 0 Å². The third-order valence-electron chi connectivity index (χ3n) is 0.357. The van der Waals surface area contributed by atoms with Crippen molar-refractivity contribution in [2.75, 3.05) is 0 Å². The average Bonchev–Trinajstić information content (AvgIpc) is 1.25. The number of hydrogen-bond donors (Lipinski definition) is 0. The smallest absolute Gasteiger partial charge is 0.206 e. The lowest BCUT2D eigenvalue weighted by Gasteiger charge is -2.01. The van der Waals surface area contributed by atoms with Crippen molar-refractivity contribution in [3.8, 4) is 0 Å². The van der Waals surface area contributed by atoms with E-state index in [4.69, 9.17) is 0 Å². The van der Waals surface area contributed by atoms with Crippen LogP contribution in [-0.2, 0) is 9.05 Å².